The number of aromatic nitrogens is 2. The zero-order valence-electron chi connectivity index (χ0n) is 15.9. The fourth-order valence-corrected chi connectivity index (χ4v) is 5.40. The second-order valence-electron chi connectivity index (χ2n) is 7.62. The number of para-hydroxylation sites is 2. The molecular formula is C23H23N3OS. The average Bonchev–Trinajstić information content (AvgIpc) is 3.37. The lowest BCUT2D eigenvalue weighted by Gasteiger charge is -2.34. The van der Waals surface area contributed by atoms with Crippen LogP contribution in [0.5, 0.6) is 0 Å². The number of hydrogen-bond acceptors (Lipinski definition) is 4. The topological polar surface area (TPSA) is 49.0 Å². The summed E-state index contributed by atoms with van der Waals surface area (Å²) in [5.41, 5.74) is 2.93. The minimum absolute atomic E-state index is 0.101. The molecule has 5 rings (SSSR count). The van der Waals surface area contributed by atoms with Crippen molar-refractivity contribution >= 4 is 38.2 Å². The summed E-state index contributed by atoms with van der Waals surface area (Å²) in [5, 5.41) is 2.26. The molecule has 4 aromatic rings. The van der Waals surface area contributed by atoms with Crippen LogP contribution in [0.2, 0.25) is 0 Å². The van der Waals surface area contributed by atoms with E-state index in [0.717, 1.165) is 47.9 Å². The summed E-state index contributed by atoms with van der Waals surface area (Å²) in [5.74, 6) is 0.708. The van der Waals surface area contributed by atoms with E-state index in [1.165, 1.54) is 9.71 Å². The molecule has 0 aliphatic carbocycles. The van der Waals surface area contributed by atoms with Crippen LogP contribution in [0.25, 0.3) is 21.1 Å². The molecule has 2 aromatic carbocycles. The van der Waals surface area contributed by atoms with Crippen LogP contribution < -0.4 is 0 Å². The molecule has 0 spiro atoms. The van der Waals surface area contributed by atoms with Gasteiger partial charge >= 0.3 is 0 Å². The van der Waals surface area contributed by atoms with Crippen molar-refractivity contribution in [3.63, 3.8) is 0 Å². The van der Waals surface area contributed by atoms with Crippen LogP contribution in [0.3, 0.4) is 0 Å². The van der Waals surface area contributed by atoms with E-state index in [1.807, 2.05) is 54.8 Å². The van der Waals surface area contributed by atoms with Crippen molar-refractivity contribution in [1.29, 1.82) is 0 Å². The van der Waals surface area contributed by atoms with Gasteiger partial charge in [0.15, 0.2) is 5.78 Å². The van der Waals surface area contributed by atoms with Crippen molar-refractivity contribution < 1.29 is 4.79 Å². The van der Waals surface area contributed by atoms with Crippen LogP contribution in [0.15, 0.2) is 54.7 Å². The summed E-state index contributed by atoms with van der Waals surface area (Å²) >= 11 is 1.82. The van der Waals surface area contributed by atoms with E-state index in [4.69, 9.17) is 4.98 Å². The summed E-state index contributed by atoms with van der Waals surface area (Å²) in [7, 11) is 0. The highest BCUT2D eigenvalue weighted by Crippen LogP contribution is 2.34. The first-order valence-electron chi connectivity index (χ1n) is 9.90. The number of Topliss-reactive ketones (excluding diaryl/α,β-unsaturated/α-hetero) is 1. The highest BCUT2D eigenvalue weighted by molar-refractivity contribution is 7.18. The lowest BCUT2D eigenvalue weighted by atomic mass is 9.94. The first-order chi connectivity index (χ1) is 13.7. The number of fused-ring (bicyclic) bond motifs is 2. The molecule has 28 heavy (non-hydrogen) atoms. The molecule has 4 nitrogen and oxygen atoms in total. The van der Waals surface area contributed by atoms with Crippen LogP contribution in [0, 0.1) is 0 Å². The lowest BCUT2D eigenvalue weighted by Crippen LogP contribution is -2.43. The van der Waals surface area contributed by atoms with Gasteiger partial charge in [0.05, 0.1) is 21.3 Å². The predicted molar refractivity (Wildman–Crippen MR) is 115 cm³/mol. The number of thiazole rings is 1. The minimum atomic E-state index is -0.101. The number of H-pyrrole nitrogens is 1. The van der Waals surface area contributed by atoms with Gasteiger partial charge in [-0.25, -0.2) is 4.98 Å². The highest BCUT2D eigenvalue weighted by atomic mass is 32.1. The molecule has 0 saturated carbocycles. The first kappa shape index (κ1) is 17.6. The van der Waals surface area contributed by atoms with E-state index < -0.39 is 0 Å². The Hall–Kier alpha value is -2.50. The molecule has 1 fully saturated rings. The molecule has 1 saturated heterocycles. The SMILES string of the molecule is CC(C(=O)c1c[nH]c2ccccc12)N1CCC(c2nc3ccccc3s2)CC1. The second-order valence-corrected chi connectivity index (χ2v) is 8.68. The Morgan fingerprint density at radius 2 is 1.89 bits per heavy atom. The molecule has 2 aromatic heterocycles. The van der Waals surface area contributed by atoms with Gasteiger partial charge < -0.3 is 4.98 Å². The number of ketones is 1. The van der Waals surface area contributed by atoms with Crippen LogP contribution >= 0.6 is 11.3 Å². The molecule has 1 aliphatic heterocycles. The normalized spacial score (nSPS) is 17.3. The quantitative estimate of drug-likeness (QED) is 0.486. The van der Waals surface area contributed by atoms with Crippen molar-refractivity contribution in [2.75, 3.05) is 13.1 Å². The Kier molecular flexibility index (Phi) is 4.49. The number of carbonyl (C=O) groups is 1. The average molecular weight is 390 g/mol. The summed E-state index contributed by atoms with van der Waals surface area (Å²) < 4.78 is 1.27. The predicted octanol–water partition coefficient (Wildman–Crippen LogP) is 5.23. The van der Waals surface area contributed by atoms with Gasteiger partial charge in [0.1, 0.15) is 0 Å². The van der Waals surface area contributed by atoms with Gasteiger partial charge in [-0.1, -0.05) is 30.3 Å². The third kappa shape index (κ3) is 3.05. The number of benzene rings is 2. The zero-order valence-corrected chi connectivity index (χ0v) is 16.7. The molecule has 1 atom stereocenters. The van der Waals surface area contributed by atoms with E-state index in [9.17, 15) is 4.79 Å². The molecule has 1 aliphatic rings. The Balaban J connectivity index is 1.29. The molecule has 0 amide bonds. The monoisotopic (exact) mass is 389 g/mol. The van der Waals surface area contributed by atoms with E-state index in [-0.39, 0.29) is 11.8 Å². The highest BCUT2D eigenvalue weighted by Gasteiger charge is 2.30. The van der Waals surface area contributed by atoms with Crippen molar-refractivity contribution in [3.8, 4) is 0 Å². The molecule has 3 heterocycles. The number of aromatic amines is 1. The number of carbonyl (C=O) groups excluding carboxylic acids is 1. The van der Waals surface area contributed by atoms with Gasteiger partial charge in [-0.05, 0) is 51.1 Å². The molecule has 1 unspecified atom stereocenters. The van der Waals surface area contributed by atoms with Gasteiger partial charge in [-0.3, -0.25) is 9.69 Å². The number of likely N-dealkylation sites (tertiary alicyclic amines) is 1. The van der Waals surface area contributed by atoms with E-state index >= 15 is 0 Å². The maximum Gasteiger partial charge on any atom is 0.181 e. The molecule has 1 N–H and O–H groups in total. The minimum Gasteiger partial charge on any atom is -0.360 e. The van der Waals surface area contributed by atoms with E-state index in [0.29, 0.717) is 5.92 Å². The Morgan fingerprint density at radius 3 is 2.71 bits per heavy atom. The summed E-state index contributed by atoms with van der Waals surface area (Å²) in [6.07, 6.45) is 3.98. The standard InChI is InChI=1S/C23H23N3OS/c1-15(22(27)18-14-24-19-7-3-2-6-17(18)19)26-12-10-16(11-13-26)23-25-20-8-4-5-9-21(20)28-23/h2-9,14-16,24H,10-13H2,1H3. The number of rotatable bonds is 4. The molecular weight excluding hydrogens is 366 g/mol. The first-order valence-corrected chi connectivity index (χ1v) is 10.7. The smallest absolute Gasteiger partial charge is 0.181 e. The largest absolute Gasteiger partial charge is 0.360 e. The van der Waals surface area contributed by atoms with E-state index in [1.54, 1.807) is 0 Å². The maximum atomic E-state index is 13.1. The van der Waals surface area contributed by atoms with Gasteiger partial charge in [-0.2, -0.15) is 0 Å². The third-order valence-corrected chi connectivity index (χ3v) is 7.17. The summed E-state index contributed by atoms with van der Waals surface area (Å²) in [6.45, 7) is 3.92. The van der Waals surface area contributed by atoms with Crippen LogP contribution in [-0.2, 0) is 0 Å². The Labute approximate surface area is 168 Å². The zero-order chi connectivity index (χ0) is 19.1. The maximum absolute atomic E-state index is 13.1. The van der Waals surface area contributed by atoms with Crippen molar-refractivity contribution in [2.24, 2.45) is 0 Å². The van der Waals surface area contributed by atoms with Gasteiger partial charge in [0, 0.05) is 28.6 Å². The fourth-order valence-electron chi connectivity index (χ4n) is 4.26. The number of nitrogens with one attached hydrogen (secondary N) is 1. The van der Waals surface area contributed by atoms with Crippen LogP contribution in [0.1, 0.15) is 41.0 Å². The fraction of sp³-hybridized carbons (Fsp3) is 0.304. The summed E-state index contributed by atoms with van der Waals surface area (Å²) in [4.78, 5) is 23.5. The third-order valence-electron chi connectivity index (χ3n) is 5.97. The number of piperidine rings is 1. The lowest BCUT2D eigenvalue weighted by molar-refractivity contribution is 0.0798. The molecule has 5 heteroatoms. The Morgan fingerprint density at radius 1 is 1.14 bits per heavy atom. The molecule has 0 radical (unpaired) electrons. The molecule has 142 valence electrons. The van der Waals surface area contributed by atoms with Gasteiger partial charge in [-0.15, -0.1) is 11.3 Å². The van der Waals surface area contributed by atoms with Gasteiger partial charge in [0.25, 0.3) is 0 Å². The van der Waals surface area contributed by atoms with Crippen molar-refractivity contribution in [1.82, 2.24) is 14.9 Å². The summed E-state index contributed by atoms with van der Waals surface area (Å²) in [6, 6.07) is 16.3. The van der Waals surface area contributed by atoms with Gasteiger partial charge in [0.2, 0.25) is 0 Å². The Bertz CT molecular complexity index is 1100. The molecule has 0 bridgehead atoms. The van der Waals surface area contributed by atoms with Crippen LogP contribution in [0.4, 0.5) is 0 Å². The number of nitrogens with zero attached hydrogens (tertiary/aromatic N) is 2. The van der Waals surface area contributed by atoms with Crippen molar-refractivity contribution in [3.05, 3.63) is 65.3 Å². The van der Waals surface area contributed by atoms with Crippen LogP contribution in [-0.4, -0.2) is 39.8 Å². The van der Waals surface area contributed by atoms with E-state index in [2.05, 4.69) is 28.1 Å². The second kappa shape index (κ2) is 7.15. The van der Waals surface area contributed by atoms with Crippen molar-refractivity contribution in [2.45, 2.75) is 31.7 Å². The number of hydrogen-bond donors (Lipinski definition) is 1.